The van der Waals surface area contributed by atoms with E-state index in [9.17, 15) is 4.79 Å². The number of hydrogen-bond acceptors (Lipinski definition) is 2. The number of hydrogen-bond donors (Lipinski definition) is 0. The Morgan fingerprint density at radius 1 is 1.69 bits per heavy atom. The molecule has 2 rings (SSSR count). The van der Waals surface area contributed by atoms with E-state index in [0.717, 1.165) is 0 Å². The maximum atomic E-state index is 11.4. The van der Waals surface area contributed by atoms with Gasteiger partial charge in [-0.15, -0.1) is 0 Å². The van der Waals surface area contributed by atoms with Crippen molar-refractivity contribution < 1.29 is 9.53 Å². The molecule has 2 aliphatic rings. The highest BCUT2D eigenvalue weighted by atomic mass is 127. The van der Waals surface area contributed by atoms with Gasteiger partial charge >= 0.3 is 5.97 Å². The number of rotatable bonds is 1. The Kier molecular flexibility index (Phi) is 2.22. The summed E-state index contributed by atoms with van der Waals surface area (Å²) in [4.78, 5) is 11.4. The van der Waals surface area contributed by atoms with Crippen molar-refractivity contribution in [3.05, 3.63) is 0 Å². The van der Waals surface area contributed by atoms with Gasteiger partial charge in [0.2, 0.25) is 0 Å². The summed E-state index contributed by atoms with van der Waals surface area (Å²) < 4.78 is 4.54. The second kappa shape index (κ2) is 2.76. The summed E-state index contributed by atoms with van der Waals surface area (Å²) in [7, 11) is 0. The van der Waals surface area contributed by atoms with Gasteiger partial charge in [-0.05, 0) is 28.0 Å². The molecule has 0 N–H and O–H groups in total. The van der Waals surface area contributed by atoms with E-state index in [2.05, 4.69) is 52.4 Å². The molecule has 2 nitrogen and oxygen atoms in total. The fraction of sp³-hybridized carbons (Fsp3) is 0.875. The normalized spacial score (nSPS) is 45.0. The van der Waals surface area contributed by atoms with Crippen LogP contribution >= 0.6 is 50.1 Å². The van der Waals surface area contributed by atoms with Crippen molar-refractivity contribution in [1.82, 2.24) is 0 Å². The Hall–Kier alpha value is 0.970. The Morgan fingerprint density at radius 2 is 2.23 bits per heavy atom. The van der Waals surface area contributed by atoms with Crippen LogP contribution in [0.1, 0.15) is 13.8 Å². The fourth-order valence-electron chi connectivity index (χ4n) is 2.24. The van der Waals surface area contributed by atoms with Gasteiger partial charge in [0, 0.05) is 5.92 Å². The van der Waals surface area contributed by atoms with Gasteiger partial charge in [-0.3, -0.25) is 4.79 Å². The summed E-state index contributed by atoms with van der Waals surface area (Å²) in [5, 5.41) is 0. The molecule has 0 spiro atoms. The van der Waals surface area contributed by atoms with E-state index in [1.807, 2.05) is 0 Å². The summed E-state index contributed by atoms with van der Waals surface area (Å²) in [6, 6.07) is 0. The van der Waals surface area contributed by atoms with Crippen LogP contribution in [0.3, 0.4) is 0 Å². The lowest BCUT2D eigenvalue weighted by Gasteiger charge is -2.24. The highest BCUT2D eigenvalue weighted by Gasteiger charge is 2.73. The first-order chi connectivity index (χ1) is 5.76. The average Bonchev–Trinajstić information content (AvgIpc) is 2.35. The van der Waals surface area contributed by atoms with Gasteiger partial charge < -0.3 is 4.74 Å². The van der Waals surface area contributed by atoms with Crippen molar-refractivity contribution in [1.29, 1.82) is 0 Å². The monoisotopic (exact) mass is 378 g/mol. The summed E-state index contributed by atoms with van der Waals surface area (Å²) >= 11 is 11.5. The topological polar surface area (TPSA) is 26.3 Å². The number of cyclic esters (lactones) is 1. The first-order valence-electron chi connectivity index (χ1n) is 4.03. The third-order valence-electron chi connectivity index (χ3n) is 3.06. The summed E-state index contributed by atoms with van der Waals surface area (Å²) in [6.45, 7) is 4.17. The first-order valence-corrected chi connectivity index (χ1v) is 6.28. The van der Waals surface area contributed by atoms with Crippen LogP contribution in [0.25, 0.3) is 0 Å². The number of carbonyl (C=O) groups excluding carboxylic acids is 1. The smallest absolute Gasteiger partial charge is 0.310 e. The number of fused-ring (bicyclic) bond motifs is 1. The van der Waals surface area contributed by atoms with E-state index in [-0.39, 0.29) is 29.3 Å². The van der Waals surface area contributed by atoms with E-state index >= 15 is 0 Å². The molecule has 4 atom stereocenters. The number of halogens is 3. The van der Waals surface area contributed by atoms with Crippen molar-refractivity contribution in [2.24, 2.45) is 17.3 Å². The Bertz CT molecular complexity index is 274. The molecule has 1 saturated carbocycles. The third-order valence-corrected chi connectivity index (χ3v) is 4.34. The van der Waals surface area contributed by atoms with Crippen molar-refractivity contribution >= 4 is 56.1 Å². The van der Waals surface area contributed by atoms with E-state index in [1.165, 1.54) is 0 Å². The van der Waals surface area contributed by atoms with Gasteiger partial charge in [0.25, 0.3) is 0 Å². The lowest BCUT2D eigenvalue weighted by molar-refractivity contribution is -0.146. The zero-order valence-corrected chi connectivity index (χ0v) is 11.7. The largest absolute Gasteiger partial charge is 0.458 e. The molecule has 13 heavy (non-hydrogen) atoms. The van der Waals surface area contributed by atoms with Crippen molar-refractivity contribution in [3.8, 4) is 0 Å². The Morgan fingerprint density at radius 3 is 2.46 bits per heavy atom. The standard InChI is InChI=1S/C8H9BrClIO2/c1-7(2)3-4(7)6(12)13-5(3)8(9,10)11/h3-5H,1-2H3/t3-,4+,5?,8?/m1/s1. The maximum absolute atomic E-state index is 11.4. The SMILES string of the molecule is CC1(C)[C@@H]2C(=O)OC(C(Cl)(Br)I)[C@@H]21. The Balaban J connectivity index is 2.24. The molecule has 74 valence electrons. The van der Waals surface area contributed by atoms with Gasteiger partial charge in [-0.25, -0.2) is 0 Å². The van der Waals surface area contributed by atoms with E-state index in [4.69, 9.17) is 16.3 Å². The van der Waals surface area contributed by atoms with Crippen molar-refractivity contribution in [2.45, 2.75) is 21.7 Å². The molecular formula is C8H9BrClIO2. The predicted molar refractivity (Wildman–Crippen MR) is 62.2 cm³/mol. The first kappa shape index (κ1) is 10.5. The third kappa shape index (κ3) is 1.44. The minimum Gasteiger partial charge on any atom is -0.458 e. The molecule has 0 aromatic carbocycles. The Labute approximate surface area is 104 Å². The van der Waals surface area contributed by atoms with E-state index < -0.39 is 1.79 Å². The van der Waals surface area contributed by atoms with Gasteiger partial charge in [0.15, 0.2) is 1.79 Å². The van der Waals surface area contributed by atoms with Crippen LogP contribution in [0.2, 0.25) is 0 Å². The van der Waals surface area contributed by atoms with Gasteiger partial charge in [-0.1, -0.05) is 41.4 Å². The van der Waals surface area contributed by atoms with Crippen LogP contribution < -0.4 is 0 Å². The van der Waals surface area contributed by atoms with Crippen LogP contribution in [0.4, 0.5) is 0 Å². The highest BCUT2D eigenvalue weighted by Crippen LogP contribution is 2.68. The molecule has 0 radical (unpaired) electrons. The second-order valence-corrected chi connectivity index (χ2v) is 10.3. The molecule has 5 heteroatoms. The van der Waals surface area contributed by atoms with Crippen LogP contribution in [0.15, 0.2) is 0 Å². The van der Waals surface area contributed by atoms with Crippen molar-refractivity contribution in [3.63, 3.8) is 0 Å². The molecule has 0 amide bonds. The summed E-state index contributed by atoms with van der Waals surface area (Å²) in [5.41, 5.74) is 0.0685. The zero-order chi connectivity index (χ0) is 10.0. The lowest BCUT2D eigenvalue weighted by Crippen LogP contribution is -2.31. The fourth-order valence-corrected chi connectivity index (χ4v) is 3.31. The van der Waals surface area contributed by atoms with Gasteiger partial charge in [0.1, 0.15) is 6.10 Å². The average molecular weight is 379 g/mol. The minimum atomic E-state index is -0.659. The predicted octanol–water partition coefficient (Wildman–Crippen LogP) is 2.91. The highest BCUT2D eigenvalue weighted by molar-refractivity contribution is 14.1. The maximum Gasteiger partial charge on any atom is 0.310 e. The summed E-state index contributed by atoms with van der Waals surface area (Å²) in [5.74, 6) is 0.234. The summed E-state index contributed by atoms with van der Waals surface area (Å²) in [6.07, 6.45) is -0.206. The molecule has 1 aliphatic heterocycles. The number of esters is 1. The number of ether oxygens (including phenoxy) is 1. The molecule has 1 aliphatic carbocycles. The molecule has 1 saturated heterocycles. The van der Waals surface area contributed by atoms with Gasteiger partial charge in [0.05, 0.1) is 5.92 Å². The van der Waals surface area contributed by atoms with E-state index in [1.54, 1.807) is 0 Å². The van der Waals surface area contributed by atoms with E-state index in [0.29, 0.717) is 0 Å². The molecule has 0 aromatic rings. The number of alkyl halides is 3. The molecule has 0 aromatic heterocycles. The van der Waals surface area contributed by atoms with Crippen LogP contribution in [-0.2, 0) is 9.53 Å². The molecule has 2 fully saturated rings. The van der Waals surface area contributed by atoms with Crippen LogP contribution in [0, 0.1) is 17.3 Å². The second-order valence-electron chi connectivity index (χ2n) is 4.22. The minimum absolute atomic E-state index is 0.0583. The molecule has 1 heterocycles. The quantitative estimate of drug-likeness (QED) is 0.398. The molecule has 0 bridgehead atoms. The molecule has 2 unspecified atom stereocenters. The van der Waals surface area contributed by atoms with Gasteiger partial charge in [-0.2, -0.15) is 0 Å². The van der Waals surface area contributed by atoms with Crippen LogP contribution in [-0.4, -0.2) is 13.9 Å². The lowest BCUT2D eigenvalue weighted by atomic mass is 10.1. The van der Waals surface area contributed by atoms with Crippen molar-refractivity contribution in [2.75, 3.05) is 0 Å². The number of carbonyl (C=O) groups is 1. The molecular weight excluding hydrogens is 370 g/mol. The zero-order valence-electron chi connectivity index (χ0n) is 7.18. The van der Waals surface area contributed by atoms with Crippen LogP contribution in [0.5, 0.6) is 0 Å².